The number of nitrogens with zero attached hydrogens (tertiary/aromatic N) is 3. The van der Waals surface area contributed by atoms with Crippen molar-refractivity contribution in [3.63, 3.8) is 0 Å². The standard InChI is InChI=1S/C20H25F2N5O2/c1-11(2)8-16(19(23)28)24-20(29)27-17-6-7-26(3)10-13(17)18(25-27)12-4-5-14(21)15(22)9-12/h4-5,9,11,16H,6-8,10H2,1-3H3,(H2,23,28)(H,24,29). The molecule has 0 fully saturated rings. The summed E-state index contributed by atoms with van der Waals surface area (Å²) in [5.74, 6) is -2.39. The molecule has 0 saturated heterocycles. The number of amides is 2. The largest absolute Gasteiger partial charge is 0.368 e. The Bertz CT molecular complexity index is 941. The number of benzene rings is 1. The van der Waals surface area contributed by atoms with Gasteiger partial charge in [-0.3, -0.25) is 4.79 Å². The first kappa shape index (κ1) is 20.9. The zero-order valence-electron chi connectivity index (χ0n) is 16.7. The summed E-state index contributed by atoms with van der Waals surface area (Å²) < 4.78 is 28.3. The van der Waals surface area contributed by atoms with Gasteiger partial charge in [0.15, 0.2) is 11.6 Å². The first-order valence-electron chi connectivity index (χ1n) is 9.52. The Morgan fingerprint density at radius 2 is 2.00 bits per heavy atom. The Labute approximate surface area is 167 Å². The van der Waals surface area contributed by atoms with E-state index in [0.29, 0.717) is 42.9 Å². The Morgan fingerprint density at radius 3 is 2.62 bits per heavy atom. The van der Waals surface area contributed by atoms with Crippen LogP contribution in [0.3, 0.4) is 0 Å². The first-order valence-corrected chi connectivity index (χ1v) is 9.52. The number of halogens is 2. The van der Waals surface area contributed by atoms with Gasteiger partial charge in [0, 0.05) is 30.6 Å². The molecule has 0 saturated carbocycles. The van der Waals surface area contributed by atoms with Crippen molar-refractivity contribution >= 4 is 11.9 Å². The van der Waals surface area contributed by atoms with Gasteiger partial charge in [-0.2, -0.15) is 9.78 Å². The van der Waals surface area contributed by atoms with Crippen molar-refractivity contribution in [3.05, 3.63) is 41.1 Å². The fourth-order valence-electron chi connectivity index (χ4n) is 3.53. The summed E-state index contributed by atoms with van der Waals surface area (Å²) in [5, 5.41) is 7.05. The van der Waals surface area contributed by atoms with Gasteiger partial charge in [0.1, 0.15) is 6.04 Å². The number of primary amides is 1. The molecule has 156 valence electrons. The number of aromatic nitrogens is 2. The highest BCUT2D eigenvalue weighted by Gasteiger charge is 2.29. The normalized spacial score (nSPS) is 15.2. The fraction of sp³-hybridized carbons (Fsp3) is 0.450. The second-order valence-electron chi connectivity index (χ2n) is 7.84. The molecule has 1 atom stereocenters. The molecule has 7 nitrogen and oxygen atoms in total. The smallest absolute Gasteiger partial charge is 0.342 e. The van der Waals surface area contributed by atoms with E-state index in [9.17, 15) is 18.4 Å². The van der Waals surface area contributed by atoms with E-state index in [4.69, 9.17) is 5.73 Å². The third-order valence-electron chi connectivity index (χ3n) is 4.98. The Morgan fingerprint density at radius 1 is 1.28 bits per heavy atom. The van der Waals surface area contributed by atoms with Gasteiger partial charge in [0.25, 0.3) is 0 Å². The van der Waals surface area contributed by atoms with Crippen molar-refractivity contribution in [2.24, 2.45) is 11.7 Å². The van der Waals surface area contributed by atoms with E-state index in [2.05, 4.69) is 15.3 Å². The number of fused-ring (bicyclic) bond motifs is 1. The van der Waals surface area contributed by atoms with Gasteiger partial charge in [0.05, 0.1) is 11.4 Å². The maximum atomic E-state index is 13.8. The molecule has 1 aromatic carbocycles. The summed E-state index contributed by atoms with van der Waals surface area (Å²) in [6.45, 7) is 5.08. The van der Waals surface area contributed by atoms with Crippen LogP contribution < -0.4 is 11.1 Å². The predicted octanol–water partition coefficient (Wildman–Crippen LogP) is 2.27. The number of nitrogens with two attached hydrogens (primary N) is 1. The lowest BCUT2D eigenvalue weighted by Gasteiger charge is -2.24. The Kier molecular flexibility index (Phi) is 5.97. The molecule has 0 aliphatic carbocycles. The van der Waals surface area contributed by atoms with Crippen LogP contribution in [0.5, 0.6) is 0 Å². The first-order chi connectivity index (χ1) is 13.7. The second kappa shape index (κ2) is 8.28. The minimum Gasteiger partial charge on any atom is -0.368 e. The zero-order valence-corrected chi connectivity index (χ0v) is 16.7. The van der Waals surface area contributed by atoms with Gasteiger partial charge >= 0.3 is 6.03 Å². The van der Waals surface area contributed by atoms with Crippen LogP contribution in [0.2, 0.25) is 0 Å². The molecule has 1 aromatic heterocycles. The summed E-state index contributed by atoms with van der Waals surface area (Å²) in [4.78, 5) is 26.7. The lowest BCUT2D eigenvalue weighted by molar-refractivity contribution is -0.120. The lowest BCUT2D eigenvalue weighted by atomic mass is 10.0. The Hall–Kier alpha value is -2.81. The second-order valence-corrected chi connectivity index (χ2v) is 7.84. The van der Waals surface area contributed by atoms with Gasteiger partial charge in [-0.15, -0.1) is 0 Å². The minimum absolute atomic E-state index is 0.158. The predicted molar refractivity (Wildman–Crippen MR) is 104 cm³/mol. The van der Waals surface area contributed by atoms with E-state index >= 15 is 0 Å². The van der Waals surface area contributed by atoms with Crippen molar-refractivity contribution in [1.82, 2.24) is 20.0 Å². The summed E-state index contributed by atoms with van der Waals surface area (Å²) in [6.07, 6.45) is 0.963. The van der Waals surface area contributed by atoms with E-state index < -0.39 is 29.6 Å². The number of hydrogen-bond acceptors (Lipinski definition) is 4. The molecule has 3 rings (SSSR count). The fourth-order valence-corrected chi connectivity index (χ4v) is 3.53. The molecule has 0 spiro atoms. The average Bonchev–Trinajstić information content (AvgIpc) is 3.01. The molecular formula is C20H25F2N5O2. The quantitative estimate of drug-likeness (QED) is 0.798. The van der Waals surface area contributed by atoms with Crippen LogP contribution >= 0.6 is 0 Å². The molecule has 0 bridgehead atoms. The molecule has 29 heavy (non-hydrogen) atoms. The lowest BCUT2D eigenvalue weighted by Crippen LogP contribution is -2.47. The van der Waals surface area contributed by atoms with Gasteiger partial charge in [-0.25, -0.2) is 13.6 Å². The van der Waals surface area contributed by atoms with E-state index in [-0.39, 0.29) is 5.92 Å². The zero-order chi connectivity index (χ0) is 21.3. The summed E-state index contributed by atoms with van der Waals surface area (Å²) in [5.41, 5.74) is 7.69. The van der Waals surface area contributed by atoms with Gasteiger partial charge in [-0.05, 0) is 37.6 Å². The van der Waals surface area contributed by atoms with Crippen LogP contribution in [0.15, 0.2) is 18.2 Å². The minimum atomic E-state index is -0.981. The van der Waals surface area contributed by atoms with E-state index in [1.807, 2.05) is 20.9 Å². The molecule has 2 amide bonds. The van der Waals surface area contributed by atoms with E-state index in [0.717, 1.165) is 17.7 Å². The molecule has 2 aromatic rings. The van der Waals surface area contributed by atoms with Gasteiger partial charge in [-0.1, -0.05) is 13.8 Å². The van der Waals surface area contributed by atoms with E-state index in [1.54, 1.807) is 0 Å². The molecule has 3 N–H and O–H groups in total. The monoisotopic (exact) mass is 405 g/mol. The SMILES string of the molecule is CC(C)CC(NC(=O)n1nc(-c2ccc(F)c(F)c2)c2c1CCN(C)C2)C(N)=O. The summed E-state index contributed by atoms with van der Waals surface area (Å²) in [6, 6.07) is 2.15. The van der Waals surface area contributed by atoms with Gasteiger partial charge in [0.2, 0.25) is 5.91 Å². The van der Waals surface area contributed by atoms with Crippen LogP contribution in [-0.2, 0) is 17.8 Å². The van der Waals surface area contributed by atoms with Crippen LogP contribution in [0.25, 0.3) is 11.3 Å². The number of rotatable bonds is 5. The van der Waals surface area contributed by atoms with Crippen molar-refractivity contribution in [1.29, 1.82) is 0 Å². The van der Waals surface area contributed by atoms with Crippen molar-refractivity contribution in [2.75, 3.05) is 13.6 Å². The maximum absolute atomic E-state index is 13.8. The summed E-state index contributed by atoms with van der Waals surface area (Å²) in [7, 11) is 1.93. The molecule has 1 aliphatic heterocycles. The van der Waals surface area contributed by atoms with Crippen molar-refractivity contribution < 1.29 is 18.4 Å². The number of nitrogens with one attached hydrogen (secondary N) is 1. The third-order valence-corrected chi connectivity index (χ3v) is 4.98. The highest BCUT2D eigenvalue weighted by atomic mass is 19.2. The number of carbonyl (C=O) groups excluding carboxylic acids is 2. The molecule has 0 radical (unpaired) electrons. The molecule has 2 heterocycles. The topological polar surface area (TPSA) is 93.2 Å². The third kappa shape index (κ3) is 4.45. The molecule has 9 heteroatoms. The van der Waals surface area contributed by atoms with Crippen LogP contribution in [0, 0.1) is 17.6 Å². The summed E-state index contributed by atoms with van der Waals surface area (Å²) >= 11 is 0. The van der Waals surface area contributed by atoms with E-state index in [1.165, 1.54) is 10.7 Å². The number of carbonyl (C=O) groups is 2. The van der Waals surface area contributed by atoms with Crippen LogP contribution in [0.1, 0.15) is 31.5 Å². The average molecular weight is 405 g/mol. The molecule has 1 aliphatic rings. The van der Waals surface area contributed by atoms with Gasteiger partial charge < -0.3 is 16.0 Å². The van der Waals surface area contributed by atoms with Crippen LogP contribution in [-0.4, -0.2) is 46.3 Å². The maximum Gasteiger partial charge on any atom is 0.342 e. The highest BCUT2D eigenvalue weighted by Crippen LogP contribution is 2.30. The number of likely N-dealkylation sites (N-methyl/N-ethyl adjacent to an activating group) is 1. The highest BCUT2D eigenvalue weighted by molar-refractivity contribution is 5.87. The Balaban J connectivity index is 2.00. The van der Waals surface area contributed by atoms with Crippen molar-refractivity contribution in [2.45, 2.75) is 39.3 Å². The molecular weight excluding hydrogens is 380 g/mol. The molecule has 1 unspecified atom stereocenters. The van der Waals surface area contributed by atoms with Crippen molar-refractivity contribution in [3.8, 4) is 11.3 Å². The number of hydrogen-bond donors (Lipinski definition) is 2. The van der Waals surface area contributed by atoms with Crippen LogP contribution in [0.4, 0.5) is 13.6 Å².